The van der Waals surface area contributed by atoms with Crippen molar-refractivity contribution >= 4 is 5.95 Å². The largest absolute Gasteiger partial charge is 0.508 e. The van der Waals surface area contributed by atoms with Gasteiger partial charge in [-0.2, -0.15) is 0 Å². The maximum Gasteiger partial charge on any atom is 0.225 e. The molecule has 6 nitrogen and oxygen atoms in total. The number of morpholine rings is 1. The highest BCUT2D eigenvalue weighted by atomic mass is 16.5. The molecule has 5 rings (SSSR count). The van der Waals surface area contributed by atoms with Crippen molar-refractivity contribution in [2.24, 2.45) is 0 Å². The predicted molar refractivity (Wildman–Crippen MR) is 98.2 cm³/mol. The molecule has 0 spiro atoms. The second-order valence-corrected chi connectivity index (χ2v) is 7.46. The van der Waals surface area contributed by atoms with Gasteiger partial charge in [0.2, 0.25) is 5.95 Å². The van der Waals surface area contributed by atoms with Crippen molar-refractivity contribution in [3.05, 3.63) is 47.3 Å². The molecule has 2 bridgehead atoms. The molecule has 6 heteroatoms. The van der Waals surface area contributed by atoms with Gasteiger partial charge in [-0.05, 0) is 30.5 Å². The molecule has 3 aliphatic heterocycles. The smallest absolute Gasteiger partial charge is 0.225 e. The van der Waals surface area contributed by atoms with Gasteiger partial charge in [0, 0.05) is 49.9 Å². The van der Waals surface area contributed by atoms with Crippen molar-refractivity contribution in [1.29, 1.82) is 0 Å². The molecule has 1 aromatic carbocycles. The van der Waals surface area contributed by atoms with Crippen LogP contribution in [0.1, 0.15) is 35.7 Å². The zero-order valence-electron chi connectivity index (χ0n) is 14.8. The first kappa shape index (κ1) is 16.0. The monoisotopic (exact) mass is 352 g/mol. The fourth-order valence-corrected chi connectivity index (χ4v) is 4.54. The summed E-state index contributed by atoms with van der Waals surface area (Å²) in [6, 6.07) is 8.54. The Morgan fingerprint density at radius 2 is 1.92 bits per heavy atom. The van der Waals surface area contributed by atoms with E-state index in [0.717, 1.165) is 45.2 Å². The molecule has 3 aliphatic rings. The number of rotatable bonds is 3. The topological polar surface area (TPSA) is 61.7 Å². The van der Waals surface area contributed by atoms with Gasteiger partial charge >= 0.3 is 0 Å². The van der Waals surface area contributed by atoms with Crippen molar-refractivity contribution in [2.45, 2.75) is 37.9 Å². The van der Waals surface area contributed by atoms with Crippen LogP contribution in [0.3, 0.4) is 0 Å². The van der Waals surface area contributed by atoms with E-state index < -0.39 is 0 Å². The third-order valence-electron chi connectivity index (χ3n) is 5.91. The number of phenolic OH excluding ortho intramolecular Hbond substituents is 1. The number of ether oxygens (including phenoxy) is 1. The van der Waals surface area contributed by atoms with E-state index in [1.165, 1.54) is 29.7 Å². The van der Waals surface area contributed by atoms with Crippen LogP contribution in [0.15, 0.2) is 30.5 Å². The number of hydrogen-bond acceptors (Lipinski definition) is 6. The van der Waals surface area contributed by atoms with Gasteiger partial charge < -0.3 is 14.7 Å². The molecule has 136 valence electrons. The highest BCUT2D eigenvalue weighted by molar-refractivity contribution is 5.38. The first-order valence-electron chi connectivity index (χ1n) is 9.50. The zero-order valence-corrected chi connectivity index (χ0v) is 14.8. The number of phenols is 1. The number of benzene rings is 1. The summed E-state index contributed by atoms with van der Waals surface area (Å²) in [7, 11) is 0. The van der Waals surface area contributed by atoms with Crippen molar-refractivity contribution < 1.29 is 9.84 Å². The Kier molecular flexibility index (Phi) is 4.02. The van der Waals surface area contributed by atoms with Gasteiger partial charge in [0.15, 0.2) is 0 Å². The molecule has 0 unspecified atom stereocenters. The predicted octanol–water partition coefficient (Wildman–Crippen LogP) is 2.28. The Hall–Kier alpha value is -2.18. The van der Waals surface area contributed by atoms with Crippen LogP contribution < -0.4 is 4.90 Å². The summed E-state index contributed by atoms with van der Waals surface area (Å²) < 4.78 is 5.44. The molecule has 1 aromatic heterocycles. The summed E-state index contributed by atoms with van der Waals surface area (Å²) in [6.07, 6.45) is 5.45. The highest BCUT2D eigenvalue weighted by Gasteiger charge is 2.40. The van der Waals surface area contributed by atoms with Crippen LogP contribution in [0.4, 0.5) is 5.95 Å². The Morgan fingerprint density at radius 1 is 1.12 bits per heavy atom. The van der Waals surface area contributed by atoms with Crippen LogP contribution >= 0.6 is 0 Å². The van der Waals surface area contributed by atoms with E-state index in [9.17, 15) is 5.11 Å². The van der Waals surface area contributed by atoms with E-state index in [2.05, 4.69) is 21.0 Å². The van der Waals surface area contributed by atoms with Crippen LogP contribution in [0.25, 0.3) is 0 Å². The second-order valence-electron chi connectivity index (χ2n) is 7.46. The zero-order chi connectivity index (χ0) is 17.5. The maximum absolute atomic E-state index is 9.50. The Labute approximate surface area is 153 Å². The lowest BCUT2D eigenvalue weighted by Gasteiger charge is -2.36. The van der Waals surface area contributed by atoms with Crippen molar-refractivity contribution in [1.82, 2.24) is 14.9 Å². The number of fused-ring (bicyclic) bond motifs is 4. The minimum absolute atomic E-state index is 0.324. The van der Waals surface area contributed by atoms with E-state index in [0.29, 0.717) is 17.8 Å². The highest BCUT2D eigenvalue weighted by Crippen LogP contribution is 2.44. The van der Waals surface area contributed by atoms with E-state index in [1.807, 2.05) is 12.1 Å². The number of hydrogen-bond donors (Lipinski definition) is 1. The molecule has 0 saturated carbocycles. The Bertz CT molecular complexity index is 789. The normalized spacial score (nSPS) is 25.3. The lowest BCUT2D eigenvalue weighted by atomic mass is 9.98. The molecule has 2 saturated heterocycles. The van der Waals surface area contributed by atoms with Crippen LogP contribution in [0.5, 0.6) is 5.75 Å². The minimum Gasteiger partial charge on any atom is -0.508 e. The molecule has 4 heterocycles. The minimum atomic E-state index is 0.324. The van der Waals surface area contributed by atoms with E-state index >= 15 is 0 Å². The molecule has 2 atom stereocenters. The SMILES string of the molecule is Oc1ccc(CN2[C@H]3CC[C@@H]2c2cnc(N4CCOCC4)nc2C3)cc1. The van der Waals surface area contributed by atoms with E-state index in [1.54, 1.807) is 12.1 Å². The van der Waals surface area contributed by atoms with Crippen LogP contribution in [-0.2, 0) is 17.7 Å². The Balaban J connectivity index is 1.39. The fraction of sp³-hybridized carbons (Fsp3) is 0.500. The van der Waals surface area contributed by atoms with Crippen molar-refractivity contribution in [3.8, 4) is 5.75 Å². The first-order chi connectivity index (χ1) is 12.8. The van der Waals surface area contributed by atoms with Crippen molar-refractivity contribution in [2.75, 3.05) is 31.2 Å². The lowest BCUT2D eigenvalue weighted by molar-refractivity contribution is 0.122. The van der Waals surface area contributed by atoms with Gasteiger partial charge in [-0.3, -0.25) is 4.90 Å². The molecular weight excluding hydrogens is 328 g/mol. The molecule has 0 radical (unpaired) electrons. The average Bonchev–Trinajstić information content (AvgIpc) is 2.95. The molecule has 1 N–H and O–H groups in total. The number of anilines is 1. The van der Waals surface area contributed by atoms with E-state index in [-0.39, 0.29) is 0 Å². The van der Waals surface area contributed by atoms with Gasteiger partial charge in [0.05, 0.1) is 18.9 Å². The quantitative estimate of drug-likeness (QED) is 0.914. The Morgan fingerprint density at radius 3 is 2.73 bits per heavy atom. The molecule has 26 heavy (non-hydrogen) atoms. The first-order valence-corrected chi connectivity index (χ1v) is 9.50. The summed E-state index contributed by atoms with van der Waals surface area (Å²) >= 11 is 0. The summed E-state index contributed by atoms with van der Waals surface area (Å²) in [6.45, 7) is 4.18. The standard InChI is InChI=1S/C20H24N4O2/c25-16-4-1-14(2-5-16)13-24-15-3-6-19(24)17-12-21-20(22-18(17)11-15)23-7-9-26-10-8-23/h1-2,4-5,12,15,19,25H,3,6-11,13H2/t15-,19+/m0/s1. The summed E-state index contributed by atoms with van der Waals surface area (Å²) in [5.41, 5.74) is 3.78. The van der Waals surface area contributed by atoms with Gasteiger partial charge in [-0.15, -0.1) is 0 Å². The molecule has 2 fully saturated rings. The number of nitrogens with zero attached hydrogens (tertiary/aromatic N) is 4. The summed E-state index contributed by atoms with van der Waals surface area (Å²) in [5, 5.41) is 9.50. The molecule has 2 aromatic rings. The fourth-order valence-electron chi connectivity index (χ4n) is 4.54. The van der Waals surface area contributed by atoms with Gasteiger partial charge in [0.1, 0.15) is 5.75 Å². The van der Waals surface area contributed by atoms with Gasteiger partial charge in [-0.1, -0.05) is 12.1 Å². The maximum atomic E-state index is 9.50. The third kappa shape index (κ3) is 2.83. The third-order valence-corrected chi connectivity index (χ3v) is 5.91. The summed E-state index contributed by atoms with van der Waals surface area (Å²) in [4.78, 5) is 14.4. The van der Waals surface area contributed by atoms with Gasteiger partial charge in [0.25, 0.3) is 0 Å². The molecule has 0 aliphatic carbocycles. The van der Waals surface area contributed by atoms with Crippen molar-refractivity contribution in [3.63, 3.8) is 0 Å². The number of aromatic nitrogens is 2. The second kappa shape index (κ2) is 6.52. The summed E-state index contributed by atoms with van der Waals surface area (Å²) in [5.74, 6) is 1.18. The molecule has 0 amide bonds. The van der Waals surface area contributed by atoms with E-state index in [4.69, 9.17) is 9.72 Å². The van der Waals surface area contributed by atoms with Gasteiger partial charge in [-0.25, -0.2) is 9.97 Å². The van der Waals surface area contributed by atoms with Crippen LogP contribution in [-0.4, -0.2) is 52.3 Å². The van der Waals surface area contributed by atoms with Crippen LogP contribution in [0.2, 0.25) is 0 Å². The average molecular weight is 352 g/mol. The van der Waals surface area contributed by atoms with Crippen LogP contribution in [0, 0.1) is 0 Å². The molecular formula is C20H24N4O2. The number of aromatic hydroxyl groups is 1. The lowest BCUT2D eigenvalue weighted by Crippen LogP contribution is -2.40.